The van der Waals surface area contributed by atoms with Crippen molar-refractivity contribution in [2.24, 2.45) is 0 Å². The van der Waals surface area contributed by atoms with E-state index in [2.05, 4.69) is 34.0 Å². The minimum Gasteiger partial charge on any atom is -0.349 e. The molecule has 3 rings (SSSR count). The summed E-state index contributed by atoms with van der Waals surface area (Å²) in [5, 5.41) is 4.02. The third-order valence-corrected chi connectivity index (χ3v) is 6.03. The van der Waals surface area contributed by atoms with Gasteiger partial charge in [-0.25, -0.2) is 4.98 Å². The Kier molecular flexibility index (Phi) is 5.11. The summed E-state index contributed by atoms with van der Waals surface area (Å²) in [7, 11) is 0. The summed E-state index contributed by atoms with van der Waals surface area (Å²) in [6, 6.07) is 7.51. The number of nitrogens with one attached hydrogen (secondary N) is 1. The van der Waals surface area contributed by atoms with Gasteiger partial charge in [0.05, 0.1) is 21.3 Å². The lowest BCUT2D eigenvalue weighted by Crippen LogP contribution is -2.26. The fourth-order valence-electron chi connectivity index (χ4n) is 2.44. The molecule has 7 heteroatoms. The zero-order chi connectivity index (χ0) is 17.1. The molecule has 1 N–H and O–H groups in total. The highest BCUT2D eigenvalue weighted by Crippen LogP contribution is 2.34. The molecular formula is C17H20N4OS2. The number of rotatable bonds is 6. The van der Waals surface area contributed by atoms with Crippen molar-refractivity contribution in [2.45, 2.75) is 26.8 Å². The number of hydrogen-bond acceptors (Lipinski definition) is 6. The molecule has 0 bridgehead atoms. The molecule has 0 aliphatic rings. The van der Waals surface area contributed by atoms with Crippen LogP contribution >= 0.6 is 22.7 Å². The molecule has 0 spiro atoms. The molecular weight excluding hydrogens is 340 g/mol. The standard InChI is InChI=1S/C17H20N4OS2/c1-4-21(5-2)17-20-16-14(24-17)10-13(23-16)15(22)19-11(3)12-8-6-7-9-18-12/h6-11H,4-5H2,1-3H3,(H,19,22)/t11-/m1/s1. The summed E-state index contributed by atoms with van der Waals surface area (Å²) in [5.74, 6) is -0.0762. The van der Waals surface area contributed by atoms with Gasteiger partial charge in [-0.3, -0.25) is 9.78 Å². The normalized spacial score (nSPS) is 12.3. The van der Waals surface area contributed by atoms with Gasteiger partial charge in [0, 0.05) is 19.3 Å². The first-order valence-corrected chi connectivity index (χ1v) is 9.62. The van der Waals surface area contributed by atoms with Gasteiger partial charge in [0.2, 0.25) is 0 Å². The Labute approximate surface area is 149 Å². The van der Waals surface area contributed by atoms with Crippen LogP contribution in [0.25, 0.3) is 9.53 Å². The highest BCUT2D eigenvalue weighted by molar-refractivity contribution is 7.29. The number of amides is 1. The van der Waals surface area contributed by atoms with Crippen LogP contribution in [0.2, 0.25) is 0 Å². The van der Waals surface area contributed by atoms with Crippen molar-refractivity contribution in [2.75, 3.05) is 18.0 Å². The van der Waals surface area contributed by atoms with Gasteiger partial charge in [0.1, 0.15) is 4.83 Å². The van der Waals surface area contributed by atoms with Gasteiger partial charge >= 0.3 is 0 Å². The van der Waals surface area contributed by atoms with Crippen molar-refractivity contribution in [1.82, 2.24) is 15.3 Å². The first kappa shape index (κ1) is 16.9. The van der Waals surface area contributed by atoms with Crippen molar-refractivity contribution < 1.29 is 4.79 Å². The summed E-state index contributed by atoms with van der Waals surface area (Å²) in [6.45, 7) is 8.05. The minimum atomic E-state index is -0.127. The SMILES string of the molecule is CCN(CC)c1nc2sc(C(=O)N[C@H](C)c3ccccn3)cc2s1. The first-order chi connectivity index (χ1) is 11.6. The van der Waals surface area contributed by atoms with Crippen LogP contribution in [0.4, 0.5) is 5.13 Å². The van der Waals surface area contributed by atoms with E-state index in [0.717, 1.165) is 33.4 Å². The molecule has 24 heavy (non-hydrogen) atoms. The molecule has 3 heterocycles. The van der Waals surface area contributed by atoms with Crippen molar-refractivity contribution in [3.63, 3.8) is 0 Å². The number of hydrogen-bond donors (Lipinski definition) is 1. The van der Waals surface area contributed by atoms with Crippen molar-refractivity contribution in [3.8, 4) is 0 Å². The average Bonchev–Trinajstić information content (AvgIpc) is 3.16. The molecule has 1 amide bonds. The Bertz CT molecular complexity index is 792. The average molecular weight is 361 g/mol. The number of thiophene rings is 1. The number of aromatic nitrogens is 2. The minimum absolute atomic E-state index is 0.0762. The maximum Gasteiger partial charge on any atom is 0.262 e. The summed E-state index contributed by atoms with van der Waals surface area (Å²) in [5.41, 5.74) is 0.853. The maximum atomic E-state index is 12.5. The molecule has 0 aliphatic heterocycles. The summed E-state index contributed by atoms with van der Waals surface area (Å²) in [6.07, 6.45) is 1.73. The number of nitrogens with zero attached hydrogens (tertiary/aromatic N) is 3. The molecule has 1 atom stereocenters. The second-order valence-corrected chi connectivity index (χ2v) is 7.44. The smallest absolute Gasteiger partial charge is 0.262 e. The Morgan fingerprint density at radius 3 is 2.71 bits per heavy atom. The van der Waals surface area contributed by atoms with Gasteiger partial charge in [0.25, 0.3) is 5.91 Å². The Morgan fingerprint density at radius 1 is 1.29 bits per heavy atom. The Morgan fingerprint density at radius 2 is 2.08 bits per heavy atom. The van der Waals surface area contributed by atoms with E-state index in [9.17, 15) is 4.79 Å². The number of fused-ring (bicyclic) bond motifs is 1. The van der Waals surface area contributed by atoms with Crippen LogP contribution < -0.4 is 10.2 Å². The van der Waals surface area contributed by atoms with E-state index in [4.69, 9.17) is 0 Å². The van der Waals surface area contributed by atoms with Crippen LogP contribution in [-0.4, -0.2) is 29.0 Å². The molecule has 126 valence electrons. The number of carbonyl (C=O) groups excluding carboxylic acids is 1. The third kappa shape index (κ3) is 3.42. The highest BCUT2D eigenvalue weighted by atomic mass is 32.1. The molecule has 0 aliphatic carbocycles. The van der Waals surface area contributed by atoms with Crippen LogP contribution in [0.15, 0.2) is 30.5 Å². The van der Waals surface area contributed by atoms with E-state index in [1.807, 2.05) is 31.2 Å². The largest absolute Gasteiger partial charge is 0.349 e. The third-order valence-electron chi connectivity index (χ3n) is 3.81. The highest BCUT2D eigenvalue weighted by Gasteiger charge is 2.18. The van der Waals surface area contributed by atoms with E-state index < -0.39 is 0 Å². The lowest BCUT2D eigenvalue weighted by molar-refractivity contribution is 0.0943. The second-order valence-electron chi connectivity index (χ2n) is 5.40. The van der Waals surface area contributed by atoms with E-state index in [1.54, 1.807) is 17.5 Å². The van der Waals surface area contributed by atoms with Crippen LogP contribution in [0.5, 0.6) is 0 Å². The van der Waals surface area contributed by atoms with E-state index in [-0.39, 0.29) is 11.9 Å². The topological polar surface area (TPSA) is 58.1 Å². The number of anilines is 1. The first-order valence-electron chi connectivity index (χ1n) is 7.99. The predicted octanol–water partition coefficient (Wildman–Crippen LogP) is 4.09. The van der Waals surface area contributed by atoms with Gasteiger partial charge in [-0.1, -0.05) is 17.4 Å². The Hall–Kier alpha value is -1.99. The van der Waals surface area contributed by atoms with Gasteiger partial charge < -0.3 is 10.2 Å². The molecule has 0 saturated heterocycles. The Balaban J connectivity index is 1.75. The molecule has 0 unspecified atom stereocenters. The molecule has 0 saturated carbocycles. The zero-order valence-corrected chi connectivity index (χ0v) is 15.6. The second kappa shape index (κ2) is 7.27. The van der Waals surface area contributed by atoms with Crippen LogP contribution in [0, 0.1) is 0 Å². The fourth-order valence-corrected chi connectivity index (χ4v) is 4.68. The predicted molar refractivity (Wildman–Crippen MR) is 101 cm³/mol. The van der Waals surface area contributed by atoms with Crippen molar-refractivity contribution in [3.05, 3.63) is 41.0 Å². The zero-order valence-electron chi connectivity index (χ0n) is 13.9. The molecule has 5 nitrogen and oxygen atoms in total. The van der Waals surface area contributed by atoms with Crippen molar-refractivity contribution >= 4 is 43.2 Å². The molecule has 3 aromatic heterocycles. The fraction of sp³-hybridized carbons (Fsp3) is 0.353. The lowest BCUT2D eigenvalue weighted by atomic mass is 10.2. The molecule has 0 fully saturated rings. The van der Waals surface area contributed by atoms with Crippen LogP contribution in [0.1, 0.15) is 42.2 Å². The summed E-state index contributed by atoms with van der Waals surface area (Å²) < 4.78 is 1.07. The number of thiazole rings is 1. The van der Waals surface area contributed by atoms with Gasteiger partial charge in [-0.15, -0.1) is 11.3 Å². The number of carbonyl (C=O) groups is 1. The monoisotopic (exact) mass is 360 g/mol. The number of pyridine rings is 1. The van der Waals surface area contributed by atoms with Gasteiger partial charge in [-0.2, -0.15) is 0 Å². The maximum absolute atomic E-state index is 12.5. The van der Waals surface area contributed by atoms with Gasteiger partial charge in [0.15, 0.2) is 5.13 Å². The van der Waals surface area contributed by atoms with Crippen molar-refractivity contribution in [1.29, 1.82) is 0 Å². The van der Waals surface area contributed by atoms with E-state index >= 15 is 0 Å². The quantitative estimate of drug-likeness (QED) is 0.719. The van der Waals surface area contributed by atoms with Crippen LogP contribution in [0.3, 0.4) is 0 Å². The summed E-state index contributed by atoms with van der Waals surface area (Å²) in [4.78, 5) is 25.3. The molecule has 3 aromatic rings. The lowest BCUT2D eigenvalue weighted by Gasteiger charge is -2.16. The molecule has 0 radical (unpaired) electrons. The van der Waals surface area contributed by atoms with E-state index in [0.29, 0.717) is 4.88 Å². The van der Waals surface area contributed by atoms with Crippen LogP contribution in [-0.2, 0) is 0 Å². The van der Waals surface area contributed by atoms with Gasteiger partial charge in [-0.05, 0) is 39.0 Å². The summed E-state index contributed by atoms with van der Waals surface area (Å²) >= 11 is 3.08. The molecule has 0 aromatic carbocycles. The van der Waals surface area contributed by atoms with E-state index in [1.165, 1.54) is 11.3 Å².